The molecule has 0 bridgehead atoms. The number of benzene rings is 2. The zero-order chi connectivity index (χ0) is 29.6. The van der Waals surface area contributed by atoms with Gasteiger partial charge < -0.3 is 23.7 Å². The molecule has 0 aliphatic carbocycles. The molecule has 2 amide bonds. The molecule has 1 aliphatic heterocycles. The van der Waals surface area contributed by atoms with Crippen molar-refractivity contribution in [2.24, 2.45) is 0 Å². The summed E-state index contributed by atoms with van der Waals surface area (Å²) < 4.78 is 29.4. The maximum Gasteiger partial charge on any atom is 0.338 e. The molecular formula is C27H27Br2NO10. The number of imide groups is 1. The Labute approximate surface area is 247 Å². The predicted molar refractivity (Wildman–Crippen MR) is 146 cm³/mol. The standard InChI is InChI=1S/C27H27Br2NO10/c1-14(31)30(25(34)17-5-9-19(28)10-6-17)22-24(40-26(35)18-7-11-20(29)12-8-18)23(38-16(3)33)21(13-37-15(2)32)39-27(22)36-4/h5-12,21-24,27H,13H2,1-4H3/t21-,22-,23+,24-,27-/m1/s1. The van der Waals surface area contributed by atoms with Gasteiger partial charge in [-0.2, -0.15) is 0 Å². The summed E-state index contributed by atoms with van der Waals surface area (Å²) in [6, 6.07) is 11.1. The van der Waals surface area contributed by atoms with E-state index in [9.17, 15) is 24.0 Å². The number of amides is 2. The molecule has 13 heteroatoms. The van der Waals surface area contributed by atoms with Crippen LogP contribution in [0.25, 0.3) is 0 Å². The van der Waals surface area contributed by atoms with Gasteiger partial charge in [-0.05, 0) is 48.5 Å². The monoisotopic (exact) mass is 683 g/mol. The number of carbonyl (C=O) groups excluding carboxylic acids is 5. The second kappa shape index (κ2) is 14.0. The van der Waals surface area contributed by atoms with Gasteiger partial charge >= 0.3 is 17.9 Å². The minimum atomic E-state index is -1.48. The Bertz CT molecular complexity index is 1250. The molecule has 1 heterocycles. The van der Waals surface area contributed by atoms with Crippen molar-refractivity contribution >= 4 is 61.6 Å². The second-order valence-corrected chi connectivity index (χ2v) is 10.6. The Morgan fingerprint density at radius 1 is 0.800 bits per heavy atom. The van der Waals surface area contributed by atoms with Crippen LogP contribution in [0.4, 0.5) is 0 Å². The van der Waals surface area contributed by atoms with E-state index in [1.54, 1.807) is 24.3 Å². The lowest BCUT2D eigenvalue weighted by molar-refractivity contribution is -0.278. The molecule has 1 fully saturated rings. The van der Waals surface area contributed by atoms with Gasteiger partial charge in [0.1, 0.15) is 18.8 Å². The largest absolute Gasteiger partial charge is 0.463 e. The first kappa shape index (κ1) is 31.4. The average molecular weight is 685 g/mol. The van der Waals surface area contributed by atoms with Gasteiger partial charge in [-0.3, -0.25) is 24.1 Å². The highest BCUT2D eigenvalue weighted by Crippen LogP contribution is 2.32. The number of methoxy groups -OCH3 is 1. The first-order valence-electron chi connectivity index (χ1n) is 12.0. The lowest BCUT2D eigenvalue weighted by Crippen LogP contribution is -2.68. The fourth-order valence-electron chi connectivity index (χ4n) is 4.16. The number of esters is 3. The fraction of sp³-hybridized carbons (Fsp3) is 0.370. The van der Waals surface area contributed by atoms with Gasteiger partial charge in [-0.25, -0.2) is 4.79 Å². The summed E-state index contributed by atoms with van der Waals surface area (Å²) in [6.45, 7) is 3.07. The number of ether oxygens (including phenoxy) is 5. The maximum atomic E-state index is 13.7. The molecule has 0 spiro atoms. The highest BCUT2D eigenvalue weighted by atomic mass is 79.9. The maximum absolute atomic E-state index is 13.7. The van der Waals surface area contributed by atoms with Crippen molar-refractivity contribution in [2.45, 2.75) is 51.4 Å². The molecule has 5 atom stereocenters. The molecule has 2 aromatic rings. The normalized spacial score (nSPS) is 22.1. The molecule has 1 saturated heterocycles. The van der Waals surface area contributed by atoms with Crippen LogP contribution in [0, 0.1) is 0 Å². The highest BCUT2D eigenvalue weighted by molar-refractivity contribution is 9.10. The number of hydrogen-bond acceptors (Lipinski definition) is 10. The molecule has 2 aromatic carbocycles. The van der Waals surface area contributed by atoms with Crippen molar-refractivity contribution < 1.29 is 47.7 Å². The SMILES string of the molecule is CO[C@@H]1O[C@H](COC(C)=O)[C@H](OC(C)=O)[C@H](OC(=O)c2ccc(Br)cc2)[C@H]1N(C(C)=O)C(=O)c1ccc(Br)cc1. The zero-order valence-electron chi connectivity index (χ0n) is 22.0. The zero-order valence-corrected chi connectivity index (χ0v) is 25.2. The molecule has 0 unspecified atom stereocenters. The Morgan fingerprint density at radius 2 is 1.35 bits per heavy atom. The third-order valence-corrected chi connectivity index (χ3v) is 6.93. The predicted octanol–water partition coefficient (Wildman–Crippen LogP) is 3.66. The van der Waals surface area contributed by atoms with Gasteiger partial charge in [-0.1, -0.05) is 31.9 Å². The van der Waals surface area contributed by atoms with Crippen molar-refractivity contribution in [3.8, 4) is 0 Å². The van der Waals surface area contributed by atoms with Crippen LogP contribution in [0.1, 0.15) is 41.5 Å². The summed E-state index contributed by atoms with van der Waals surface area (Å²) in [6.07, 6.45) is -5.42. The molecule has 40 heavy (non-hydrogen) atoms. The molecule has 1 aliphatic rings. The minimum absolute atomic E-state index is 0.147. The molecule has 0 aromatic heterocycles. The summed E-state index contributed by atoms with van der Waals surface area (Å²) >= 11 is 6.61. The third-order valence-electron chi connectivity index (χ3n) is 5.87. The highest BCUT2D eigenvalue weighted by Gasteiger charge is 2.55. The summed E-state index contributed by atoms with van der Waals surface area (Å²) in [5.74, 6) is -3.69. The molecule has 0 radical (unpaired) electrons. The van der Waals surface area contributed by atoms with Crippen molar-refractivity contribution in [1.29, 1.82) is 0 Å². The van der Waals surface area contributed by atoms with Gasteiger partial charge in [0.25, 0.3) is 5.91 Å². The van der Waals surface area contributed by atoms with E-state index in [0.29, 0.717) is 4.47 Å². The van der Waals surface area contributed by atoms with Crippen LogP contribution in [0.15, 0.2) is 57.5 Å². The van der Waals surface area contributed by atoms with Crippen LogP contribution >= 0.6 is 31.9 Å². The van der Waals surface area contributed by atoms with Crippen LogP contribution in [0.3, 0.4) is 0 Å². The van der Waals surface area contributed by atoms with Crippen LogP contribution in [-0.2, 0) is 38.1 Å². The molecule has 214 valence electrons. The van der Waals surface area contributed by atoms with Crippen LogP contribution in [-0.4, -0.2) is 79.0 Å². The first-order chi connectivity index (χ1) is 18.9. The van der Waals surface area contributed by atoms with Gasteiger partial charge in [0.15, 0.2) is 18.5 Å². The Morgan fingerprint density at radius 3 is 1.82 bits per heavy atom. The van der Waals surface area contributed by atoms with E-state index in [2.05, 4.69) is 31.9 Å². The summed E-state index contributed by atoms with van der Waals surface area (Å²) in [5, 5.41) is 0. The summed E-state index contributed by atoms with van der Waals surface area (Å²) in [4.78, 5) is 64.6. The van der Waals surface area contributed by atoms with Crippen LogP contribution in [0.2, 0.25) is 0 Å². The Hall–Kier alpha value is -3.13. The van der Waals surface area contributed by atoms with E-state index >= 15 is 0 Å². The number of hydrogen-bond donors (Lipinski definition) is 0. The summed E-state index contributed by atoms with van der Waals surface area (Å²) in [7, 11) is 1.27. The quantitative estimate of drug-likeness (QED) is 0.300. The summed E-state index contributed by atoms with van der Waals surface area (Å²) in [5.41, 5.74) is 0.298. The average Bonchev–Trinajstić information content (AvgIpc) is 2.89. The number of halogens is 2. The van der Waals surface area contributed by atoms with E-state index in [1.807, 2.05) is 0 Å². The Kier molecular flexibility index (Phi) is 11.0. The van der Waals surface area contributed by atoms with E-state index in [0.717, 1.165) is 23.2 Å². The fourth-order valence-corrected chi connectivity index (χ4v) is 4.69. The van der Waals surface area contributed by atoms with Crippen molar-refractivity contribution in [2.75, 3.05) is 13.7 Å². The number of rotatable bonds is 8. The Balaban J connectivity index is 2.13. The van der Waals surface area contributed by atoms with Crippen LogP contribution < -0.4 is 0 Å². The van der Waals surface area contributed by atoms with Gasteiger partial charge in [0.2, 0.25) is 5.91 Å². The lowest BCUT2D eigenvalue weighted by Gasteiger charge is -2.47. The van der Waals surface area contributed by atoms with Crippen molar-refractivity contribution in [1.82, 2.24) is 4.90 Å². The molecule has 0 N–H and O–H groups in total. The van der Waals surface area contributed by atoms with Crippen LogP contribution in [0.5, 0.6) is 0 Å². The number of nitrogens with zero attached hydrogens (tertiary/aromatic N) is 1. The lowest BCUT2D eigenvalue weighted by atomic mass is 9.94. The molecular weight excluding hydrogens is 658 g/mol. The van der Waals surface area contributed by atoms with E-state index in [-0.39, 0.29) is 11.1 Å². The van der Waals surface area contributed by atoms with Crippen molar-refractivity contribution in [3.05, 3.63) is 68.6 Å². The number of carbonyl (C=O) groups is 5. The van der Waals surface area contributed by atoms with E-state index in [1.165, 1.54) is 38.3 Å². The molecule has 0 saturated carbocycles. The van der Waals surface area contributed by atoms with E-state index in [4.69, 9.17) is 23.7 Å². The minimum Gasteiger partial charge on any atom is -0.463 e. The van der Waals surface area contributed by atoms with Gasteiger partial charge in [-0.15, -0.1) is 0 Å². The first-order valence-corrected chi connectivity index (χ1v) is 13.6. The molecule has 11 nitrogen and oxygen atoms in total. The molecule has 3 rings (SSSR count). The van der Waals surface area contributed by atoms with Gasteiger partial charge in [0, 0.05) is 42.4 Å². The second-order valence-electron chi connectivity index (χ2n) is 8.72. The van der Waals surface area contributed by atoms with Crippen molar-refractivity contribution in [3.63, 3.8) is 0 Å². The van der Waals surface area contributed by atoms with E-state index < -0.39 is 67.0 Å². The van der Waals surface area contributed by atoms with Gasteiger partial charge in [0.05, 0.1) is 5.56 Å². The third kappa shape index (κ3) is 7.74. The smallest absolute Gasteiger partial charge is 0.338 e. The topological polar surface area (TPSA) is 135 Å².